The average Bonchev–Trinajstić information content (AvgIpc) is 1.59. The Bertz CT molecular complexity index is 65.5. The first-order valence-corrected chi connectivity index (χ1v) is 3.86. The third kappa shape index (κ3) is 1.98. The zero-order chi connectivity index (χ0) is 6.85. The molecular formula is C8H16O. The summed E-state index contributed by atoms with van der Waals surface area (Å²) in [4.78, 5) is 0. The normalized spacial score (nSPS) is 45.0. The number of hydrogen-bond donors (Lipinski definition) is 1. The van der Waals surface area contributed by atoms with E-state index in [2.05, 4.69) is 13.8 Å². The van der Waals surface area contributed by atoms with Crippen molar-refractivity contribution in [1.82, 2.24) is 0 Å². The second-order valence-electron chi connectivity index (χ2n) is 3.57. The van der Waals surface area contributed by atoms with Crippen LogP contribution in [0, 0.1) is 11.8 Å². The first-order valence-electron chi connectivity index (χ1n) is 3.86. The highest BCUT2D eigenvalue weighted by molar-refractivity contribution is 4.73. The van der Waals surface area contributed by atoms with Crippen LogP contribution in [0.25, 0.3) is 0 Å². The lowest BCUT2D eigenvalue weighted by molar-refractivity contribution is 0.0804. The molecule has 1 fully saturated rings. The topological polar surface area (TPSA) is 20.2 Å². The van der Waals surface area contributed by atoms with Gasteiger partial charge in [0, 0.05) is 0 Å². The van der Waals surface area contributed by atoms with Crippen molar-refractivity contribution in [2.45, 2.75) is 39.2 Å². The summed E-state index contributed by atoms with van der Waals surface area (Å²) >= 11 is 0. The fourth-order valence-electron chi connectivity index (χ4n) is 1.90. The van der Waals surface area contributed by atoms with Crippen molar-refractivity contribution in [1.29, 1.82) is 0 Å². The van der Waals surface area contributed by atoms with Crippen molar-refractivity contribution in [3.63, 3.8) is 0 Å². The molecule has 0 radical (unpaired) electrons. The van der Waals surface area contributed by atoms with Crippen LogP contribution in [0.4, 0.5) is 0 Å². The van der Waals surface area contributed by atoms with E-state index in [9.17, 15) is 5.11 Å². The van der Waals surface area contributed by atoms with Gasteiger partial charge < -0.3 is 5.11 Å². The maximum atomic E-state index is 9.25. The Morgan fingerprint density at radius 2 is 1.44 bits per heavy atom. The van der Waals surface area contributed by atoms with E-state index in [0.717, 1.165) is 24.7 Å². The second-order valence-corrected chi connectivity index (χ2v) is 3.57. The van der Waals surface area contributed by atoms with Crippen LogP contribution >= 0.6 is 0 Å². The molecule has 0 amide bonds. The smallest absolute Gasteiger partial charge is 0.0545 e. The second kappa shape index (κ2) is 2.70. The maximum absolute atomic E-state index is 9.25. The summed E-state index contributed by atoms with van der Waals surface area (Å²) in [5.41, 5.74) is 0. The molecule has 1 rings (SSSR count). The van der Waals surface area contributed by atoms with Gasteiger partial charge in [-0.1, -0.05) is 13.8 Å². The largest absolute Gasteiger partial charge is 0.393 e. The van der Waals surface area contributed by atoms with Gasteiger partial charge in [-0.25, -0.2) is 0 Å². The predicted molar refractivity (Wildman–Crippen MR) is 38.2 cm³/mol. The van der Waals surface area contributed by atoms with Gasteiger partial charge in [0.1, 0.15) is 0 Å². The van der Waals surface area contributed by atoms with Crippen LogP contribution in [0.2, 0.25) is 0 Å². The Balaban J connectivity index is 2.34. The quantitative estimate of drug-likeness (QED) is 0.527. The van der Waals surface area contributed by atoms with Crippen molar-refractivity contribution in [2.75, 3.05) is 0 Å². The Hall–Kier alpha value is -0.0400. The van der Waals surface area contributed by atoms with Crippen molar-refractivity contribution in [3.8, 4) is 0 Å². The summed E-state index contributed by atoms with van der Waals surface area (Å²) in [6.45, 7) is 4.44. The molecular weight excluding hydrogens is 112 g/mol. The zero-order valence-corrected chi connectivity index (χ0v) is 6.30. The van der Waals surface area contributed by atoms with Crippen LogP contribution in [0.15, 0.2) is 0 Å². The molecule has 1 saturated carbocycles. The van der Waals surface area contributed by atoms with Crippen LogP contribution in [-0.2, 0) is 0 Å². The molecule has 2 unspecified atom stereocenters. The third-order valence-corrected chi connectivity index (χ3v) is 2.15. The minimum Gasteiger partial charge on any atom is -0.393 e. The molecule has 0 aromatic carbocycles. The van der Waals surface area contributed by atoms with Gasteiger partial charge in [-0.3, -0.25) is 0 Å². The maximum Gasteiger partial charge on any atom is 0.0545 e. The summed E-state index contributed by atoms with van der Waals surface area (Å²) in [5, 5.41) is 9.25. The molecule has 1 heteroatoms. The molecule has 9 heavy (non-hydrogen) atoms. The molecule has 0 aromatic rings. The molecule has 2 atom stereocenters. The molecule has 1 N–H and O–H groups in total. The molecule has 0 bridgehead atoms. The van der Waals surface area contributed by atoms with E-state index in [1.54, 1.807) is 0 Å². The minimum atomic E-state index is -0.0104. The summed E-state index contributed by atoms with van der Waals surface area (Å²) < 4.78 is 0. The number of aliphatic hydroxyl groups is 1. The van der Waals surface area contributed by atoms with E-state index >= 15 is 0 Å². The van der Waals surface area contributed by atoms with E-state index in [4.69, 9.17) is 0 Å². The van der Waals surface area contributed by atoms with E-state index in [1.165, 1.54) is 6.42 Å². The van der Waals surface area contributed by atoms with Crippen LogP contribution < -0.4 is 0 Å². The first kappa shape index (κ1) is 7.07. The van der Waals surface area contributed by atoms with Gasteiger partial charge >= 0.3 is 0 Å². The SMILES string of the molecule is CC1CC(C)CC(O)C1. The lowest BCUT2D eigenvalue weighted by Crippen LogP contribution is -2.22. The van der Waals surface area contributed by atoms with Gasteiger partial charge in [-0.15, -0.1) is 0 Å². The Morgan fingerprint density at radius 3 is 1.78 bits per heavy atom. The van der Waals surface area contributed by atoms with Crippen molar-refractivity contribution in [2.24, 2.45) is 11.8 Å². The van der Waals surface area contributed by atoms with Gasteiger partial charge in [0.05, 0.1) is 6.10 Å². The highest BCUT2D eigenvalue weighted by Crippen LogP contribution is 2.27. The van der Waals surface area contributed by atoms with Gasteiger partial charge in [0.15, 0.2) is 0 Å². The molecule has 1 aliphatic carbocycles. The standard InChI is InChI=1S/C8H16O/c1-6-3-7(2)5-8(9)4-6/h6-9H,3-5H2,1-2H3. The molecule has 0 saturated heterocycles. The summed E-state index contributed by atoms with van der Waals surface area (Å²) in [7, 11) is 0. The van der Waals surface area contributed by atoms with Gasteiger partial charge in [0.25, 0.3) is 0 Å². The minimum absolute atomic E-state index is 0.0104. The van der Waals surface area contributed by atoms with E-state index in [1.807, 2.05) is 0 Å². The summed E-state index contributed by atoms with van der Waals surface area (Å²) in [5.74, 6) is 1.48. The highest BCUT2D eigenvalue weighted by atomic mass is 16.3. The molecule has 1 aliphatic rings. The summed E-state index contributed by atoms with van der Waals surface area (Å²) in [6, 6.07) is 0. The van der Waals surface area contributed by atoms with E-state index in [0.29, 0.717) is 0 Å². The molecule has 0 heterocycles. The predicted octanol–water partition coefficient (Wildman–Crippen LogP) is 1.80. The number of hydrogen-bond acceptors (Lipinski definition) is 1. The van der Waals surface area contributed by atoms with Crippen molar-refractivity contribution >= 4 is 0 Å². The fraction of sp³-hybridized carbons (Fsp3) is 1.00. The Labute approximate surface area is 57.1 Å². The van der Waals surface area contributed by atoms with Crippen LogP contribution in [0.1, 0.15) is 33.1 Å². The zero-order valence-electron chi connectivity index (χ0n) is 6.30. The fourth-order valence-corrected chi connectivity index (χ4v) is 1.90. The van der Waals surface area contributed by atoms with Crippen LogP contribution in [-0.4, -0.2) is 11.2 Å². The lowest BCUT2D eigenvalue weighted by Gasteiger charge is -2.27. The summed E-state index contributed by atoms with van der Waals surface area (Å²) in [6.07, 6.45) is 3.33. The van der Waals surface area contributed by atoms with E-state index < -0.39 is 0 Å². The van der Waals surface area contributed by atoms with Crippen molar-refractivity contribution in [3.05, 3.63) is 0 Å². The first-order chi connectivity index (χ1) is 4.18. The van der Waals surface area contributed by atoms with Gasteiger partial charge in [-0.2, -0.15) is 0 Å². The highest BCUT2D eigenvalue weighted by Gasteiger charge is 2.21. The molecule has 1 nitrogen and oxygen atoms in total. The van der Waals surface area contributed by atoms with Gasteiger partial charge in [-0.05, 0) is 31.1 Å². The average molecular weight is 128 g/mol. The van der Waals surface area contributed by atoms with Crippen molar-refractivity contribution < 1.29 is 5.11 Å². The Kier molecular flexibility index (Phi) is 2.12. The third-order valence-electron chi connectivity index (χ3n) is 2.15. The molecule has 0 aromatic heterocycles. The Morgan fingerprint density at radius 1 is 1.00 bits per heavy atom. The van der Waals surface area contributed by atoms with Crippen LogP contribution in [0.3, 0.4) is 0 Å². The lowest BCUT2D eigenvalue weighted by atomic mass is 9.82. The number of rotatable bonds is 0. The van der Waals surface area contributed by atoms with E-state index in [-0.39, 0.29) is 6.10 Å². The molecule has 54 valence electrons. The molecule has 0 aliphatic heterocycles. The van der Waals surface area contributed by atoms with Crippen LogP contribution in [0.5, 0.6) is 0 Å². The van der Waals surface area contributed by atoms with Gasteiger partial charge in [0.2, 0.25) is 0 Å². The molecule has 0 spiro atoms. The number of aliphatic hydroxyl groups excluding tert-OH is 1. The monoisotopic (exact) mass is 128 g/mol.